The normalized spacial score (nSPS) is 21.7. The van der Waals surface area contributed by atoms with Gasteiger partial charge in [-0.3, -0.25) is 0 Å². The molecule has 1 saturated heterocycles. The Morgan fingerprint density at radius 1 is 1.27 bits per heavy atom. The van der Waals surface area contributed by atoms with Crippen LogP contribution in [0.4, 0.5) is 9.18 Å². The van der Waals surface area contributed by atoms with Crippen LogP contribution in [-0.2, 0) is 9.53 Å². The number of urea groups is 1. The number of halogens is 1. The Morgan fingerprint density at radius 3 is 2.45 bits per heavy atom. The van der Waals surface area contributed by atoms with Gasteiger partial charge in [0.25, 0.3) is 0 Å². The van der Waals surface area contributed by atoms with Gasteiger partial charge in [0.15, 0.2) is 0 Å². The highest BCUT2D eigenvalue weighted by molar-refractivity contribution is 5.84. The summed E-state index contributed by atoms with van der Waals surface area (Å²) in [4.78, 5) is 25.3. The van der Waals surface area contributed by atoms with Crippen molar-refractivity contribution in [1.82, 2.24) is 4.90 Å². The SMILES string of the molecule is CC(C)(C)OC(=O)C1CCC(c2ccccc2F)N1C(N)=O. The molecule has 6 heteroatoms. The summed E-state index contributed by atoms with van der Waals surface area (Å²) in [6.45, 7) is 5.26. The minimum absolute atomic E-state index is 0.368. The van der Waals surface area contributed by atoms with Crippen LogP contribution in [0, 0.1) is 5.82 Å². The highest BCUT2D eigenvalue weighted by atomic mass is 19.1. The first kappa shape index (κ1) is 16.3. The average molecular weight is 308 g/mol. The monoisotopic (exact) mass is 308 g/mol. The fourth-order valence-corrected chi connectivity index (χ4v) is 2.77. The van der Waals surface area contributed by atoms with E-state index in [1.54, 1.807) is 39.0 Å². The molecule has 1 aliphatic rings. The number of carbonyl (C=O) groups is 2. The Labute approximate surface area is 129 Å². The smallest absolute Gasteiger partial charge is 0.329 e. The van der Waals surface area contributed by atoms with E-state index in [9.17, 15) is 14.0 Å². The number of nitrogens with zero attached hydrogens (tertiary/aromatic N) is 1. The topological polar surface area (TPSA) is 72.6 Å². The van der Waals surface area contributed by atoms with Crippen molar-refractivity contribution >= 4 is 12.0 Å². The lowest BCUT2D eigenvalue weighted by molar-refractivity contribution is -0.159. The van der Waals surface area contributed by atoms with Crippen molar-refractivity contribution in [3.05, 3.63) is 35.6 Å². The van der Waals surface area contributed by atoms with Gasteiger partial charge in [0.05, 0.1) is 6.04 Å². The third-order valence-electron chi connectivity index (χ3n) is 3.58. The number of ether oxygens (including phenoxy) is 1. The molecule has 0 bridgehead atoms. The predicted molar refractivity (Wildman–Crippen MR) is 79.4 cm³/mol. The molecule has 1 aromatic carbocycles. The largest absolute Gasteiger partial charge is 0.458 e. The van der Waals surface area contributed by atoms with Crippen LogP contribution in [0.3, 0.4) is 0 Å². The van der Waals surface area contributed by atoms with E-state index in [0.717, 1.165) is 0 Å². The van der Waals surface area contributed by atoms with E-state index in [2.05, 4.69) is 0 Å². The minimum atomic E-state index is -0.777. The number of primary amides is 1. The molecule has 0 spiro atoms. The molecule has 2 unspecified atom stereocenters. The third kappa shape index (κ3) is 3.37. The van der Waals surface area contributed by atoms with Gasteiger partial charge in [0.2, 0.25) is 0 Å². The molecular weight excluding hydrogens is 287 g/mol. The maximum atomic E-state index is 14.0. The van der Waals surface area contributed by atoms with Crippen LogP contribution in [0.2, 0.25) is 0 Å². The van der Waals surface area contributed by atoms with Crippen molar-refractivity contribution in [1.29, 1.82) is 0 Å². The summed E-state index contributed by atoms with van der Waals surface area (Å²) in [5.74, 6) is -0.922. The third-order valence-corrected chi connectivity index (χ3v) is 3.58. The fourth-order valence-electron chi connectivity index (χ4n) is 2.77. The summed E-state index contributed by atoms with van der Waals surface area (Å²) in [7, 11) is 0. The number of hydrogen-bond acceptors (Lipinski definition) is 3. The number of benzene rings is 1. The first-order valence-corrected chi connectivity index (χ1v) is 7.26. The molecule has 2 atom stereocenters. The number of carbonyl (C=O) groups excluding carboxylic acids is 2. The Kier molecular flexibility index (Phi) is 4.39. The second-order valence-electron chi connectivity index (χ2n) is 6.41. The van der Waals surface area contributed by atoms with E-state index in [1.165, 1.54) is 11.0 Å². The molecule has 22 heavy (non-hydrogen) atoms. The standard InChI is InChI=1S/C16H21FN2O3/c1-16(2,3)22-14(20)13-9-8-12(19(13)15(18)21)10-6-4-5-7-11(10)17/h4-7,12-13H,8-9H2,1-3H3,(H2,18,21). The Bertz CT molecular complexity index is 583. The van der Waals surface area contributed by atoms with Crippen LogP contribution < -0.4 is 5.73 Å². The Balaban J connectivity index is 2.27. The quantitative estimate of drug-likeness (QED) is 0.854. The lowest BCUT2D eigenvalue weighted by atomic mass is 10.0. The summed E-state index contributed by atoms with van der Waals surface area (Å²) >= 11 is 0. The van der Waals surface area contributed by atoms with Crippen LogP contribution >= 0.6 is 0 Å². The van der Waals surface area contributed by atoms with Crippen LogP contribution in [-0.4, -0.2) is 28.5 Å². The summed E-state index contributed by atoms with van der Waals surface area (Å²) in [5, 5.41) is 0. The lowest BCUT2D eigenvalue weighted by Crippen LogP contribution is -2.47. The van der Waals surface area contributed by atoms with Crippen molar-refractivity contribution in [2.75, 3.05) is 0 Å². The molecular formula is C16H21FN2O3. The number of esters is 1. The summed E-state index contributed by atoms with van der Waals surface area (Å²) in [6, 6.07) is 4.13. The Hall–Kier alpha value is -2.11. The van der Waals surface area contributed by atoms with Crippen LogP contribution in [0.1, 0.15) is 45.2 Å². The van der Waals surface area contributed by atoms with E-state index in [-0.39, 0.29) is 0 Å². The van der Waals surface area contributed by atoms with Crippen molar-refractivity contribution in [2.45, 2.75) is 51.3 Å². The number of rotatable bonds is 2. The summed E-state index contributed by atoms with van der Waals surface area (Å²) < 4.78 is 19.3. The zero-order valence-corrected chi connectivity index (χ0v) is 13.0. The maximum Gasteiger partial charge on any atom is 0.329 e. The molecule has 1 fully saturated rings. The molecule has 2 N–H and O–H groups in total. The van der Waals surface area contributed by atoms with E-state index in [4.69, 9.17) is 10.5 Å². The molecule has 5 nitrogen and oxygen atoms in total. The first-order valence-electron chi connectivity index (χ1n) is 7.26. The second-order valence-corrected chi connectivity index (χ2v) is 6.41. The van der Waals surface area contributed by atoms with E-state index in [0.29, 0.717) is 18.4 Å². The number of hydrogen-bond donors (Lipinski definition) is 1. The fraction of sp³-hybridized carbons (Fsp3) is 0.500. The minimum Gasteiger partial charge on any atom is -0.458 e. The van der Waals surface area contributed by atoms with Gasteiger partial charge >= 0.3 is 12.0 Å². The lowest BCUT2D eigenvalue weighted by Gasteiger charge is -2.30. The molecule has 1 heterocycles. The van der Waals surface area contributed by atoms with Gasteiger partial charge in [-0.15, -0.1) is 0 Å². The molecule has 0 radical (unpaired) electrons. The molecule has 1 aliphatic heterocycles. The van der Waals surface area contributed by atoms with E-state index >= 15 is 0 Å². The van der Waals surface area contributed by atoms with Crippen LogP contribution in [0.5, 0.6) is 0 Å². The Morgan fingerprint density at radius 2 is 1.91 bits per heavy atom. The molecule has 120 valence electrons. The molecule has 0 aromatic heterocycles. The van der Waals surface area contributed by atoms with Gasteiger partial charge < -0.3 is 15.4 Å². The molecule has 0 saturated carbocycles. The molecule has 2 rings (SSSR count). The predicted octanol–water partition coefficient (Wildman–Crippen LogP) is 2.75. The molecule has 0 aliphatic carbocycles. The van der Waals surface area contributed by atoms with Gasteiger partial charge in [0.1, 0.15) is 17.5 Å². The molecule has 2 amide bonds. The van der Waals surface area contributed by atoms with Crippen molar-refractivity contribution in [3.8, 4) is 0 Å². The van der Waals surface area contributed by atoms with Gasteiger partial charge in [-0.05, 0) is 39.7 Å². The van der Waals surface area contributed by atoms with E-state index in [1.807, 2.05) is 0 Å². The maximum absolute atomic E-state index is 14.0. The van der Waals surface area contributed by atoms with E-state index < -0.39 is 35.5 Å². The molecule has 1 aromatic rings. The van der Waals surface area contributed by atoms with Crippen molar-refractivity contribution < 1.29 is 18.7 Å². The number of nitrogens with two attached hydrogens (primary N) is 1. The summed E-state index contributed by atoms with van der Waals surface area (Å²) in [5.41, 5.74) is 5.14. The highest BCUT2D eigenvalue weighted by Gasteiger charge is 2.43. The van der Waals surface area contributed by atoms with Gasteiger partial charge in [-0.25, -0.2) is 14.0 Å². The van der Waals surface area contributed by atoms with Gasteiger partial charge in [-0.1, -0.05) is 18.2 Å². The number of amides is 2. The summed E-state index contributed by atoms with van der Waals surface area (Å²) in [6.07, 6.45) is 0.866. The highest BCUT2D eigenvalue weighted by Crippen LogP contribution is 2.37. The van der Waals surface area contributed by atoms with Gasteiger partial charge in [0, 0.05) is 5.56 Å². The zero-order chi connectivity index (χ0) is 16.5. The number of likely N-dealkylation sites (tertiary alicyclic amines) is 1. The van der Waals surface area contributed by atoms with Crippen LogP contribution in [0.15, 0.2) is 24.3 Å². The van der Waals surface area contributed by atoms with Gasteiger partial charge in [-0.2, -0.15) is 0 Å². The zero-order valence-electron chi connectivity index (χ0n) is 13.0. The van der Waals surface area contributed by atoms with Crippen LogP contribution in [0.25, 0.3) is 0 Å². The van der Waals surface area contributed by atoms with Crippen molar-refractivity contribution in [2.24, 2.45) is 5.73 Å². The second kappa shape index (κ2) is 5.94. The first-order chi connectivity index (χ1) is 10.2. The average Bonchev–Trinajstić information content (AvgIpc) is 2.82. The van der Waals surface area contributed by atoms with Crippen molar-refractivity contribution in [3.63, 3.8) is 0 Å².